The number of hydrogen-bond donors (Lipinski definition) is 2. The fraction of sp³-hybridized carbons (Fsp3) is 0.364. The molecule has 0 radical (unpaired) electrons. The van der Waals surface area contributed by atoms with Gasteiger partial charge >= 0.3 is 0 Å². The molecule has 0 bridgehead atoms. The number of carbonyl (C=O) groups is 1. The highest BCUT2D eigenvalue weighted by Gasteiger charge is 2.09. The number of anilines is 1. The average Bonchev–Trinajstić information content (AvgIpc) is 2.28. The average molecular weight is 207 g/mol. The van der Waals surface area contributed by atoms with Crippen LogP contribution in [0.15, 0.2) is 24.3 Å². The van der Waals surface area contributed by atoms with Crippen LogP contribution in [0.4, 0.5) is 5.69 Å². The molecule has 1 amide bonds. The number of carbonyl (C=O) groups excluding carboxylic acids is 1. The molecule has 0 fully saturated rings. The number of amides is 1. The number of nitrogen functional groups attached to an aromatic ring is 1. The van der Waals surface area contributed by atoms with Gasteiger partial charge in [0.15, 0.2) is 0 Å². The Morgan fingerprint density at radius 3 is 2.47 bits per heavy atom. The monoisotopic (exact) mass is 207 g/mol. The molecule has 0 spiro atoms. The lowest BCUT2D eigenvalue weighted by Crippen LogP contribution is -2.27. The molecular weight excluding hydrogens is 190 g/mol. The van der Waals surface area contributed by atoms with Gasteiger partial charge in [-0.25, -0.2) is 0 Å². The fourth-order valence-corrected chi connectivity index (χ4v) is 1.37. The third-order valence-electron chi connectivity index (χ3n) is 2.20. The zero-order valence-electron chi connectivity index (χ0n) is 9.16. The Kier molecular flexibility index (Phi) is 4.12. The Balaban J connectivity index is 2.73. The first-order valence-electron chi connectivity index (χ1n) is 5.01. The molecule has 0 unspecified atom stereocenters. The molecular formula is C11H17N3O. The predicted molar refractivity (Wildman–Crippen MR) is 61.5 cm³/mol. The Morgan fingerprint density at radius 1 is 1.40 bits per heavy atom. The third kappa shape index (κ3) is 2.95. The summed E-state index contributed by atoms with van der Waals surface area (Å²) in [6, 6.07) is 7.10. The smallest absolute Gasteiger partial charge is 0.253 e. The molecule has 0 aliphatic heterocycles. The lowest BCUT2D eigenvalue weighted by molar-refractivity contribution is 0.0795. The van der Waals surface area contributed by atoms with Gasteiger partial charge in [0, 0.05) is 24.8 Å². The van der Waals surface area contributed by atoms with E-state index in [1.54, 1.807) is 36.2 Å². The second-order valence-electron chi connectivity index (χ2n) is 3.45. The van der Waals surface area contributed by atoms with Crippen molar-refractivity contribution in [3.05, 3.63) is 29.8 Å². The minimum Gasteiger partial charge on any atom is -0.342 e. The normalized spacial score (nSPS) is 9.80. The van der Waals surface area contributed by atoms with Crippen LogP contribution >= 0.6 is 0 Å². The van der Waals surface area contributed by atoms with Crippen LogP contribution in [0.1, 0.15) is 23.7 Å². The first kappa shape index (κ1) is 11.5. The van der Waals surface area contributed by atoms with Crippen LogP contribution in [0, 0.1) is 0 Å². The lowest BCUT2D eigenvalue weighted by atomic mass is 10.2. The van der Waals surface area contributed by atoms with Gasteiger partial charge in [0.05, 0.1) is 0 Å². The van der Waals surface area contributed by atoms with Gasteiger partial charge in [-0.2, -0.15) is 0 Å². The van der Waals surface area contributed by atoms with E-state index in [2.05, 4.69) is 5.43 Å². The van der Waals surface area contributed by atoms with E-state index < -0.39 is 0 Å². The Hall–Kier alpha value is -1.55. The van der Waals surface area contributed by atoms with Gasteiger partial charge in [-0.05, 0) is 30.7 Å². The van der Waals surface area contributed by atoms with E-state index in [0.29, 0.717) is 5.56 Å². The van der Waals surface area contributed by atoms with Crippen molar-refractivity contribution in [1.82, 2.24) is 4.90 Å². The van der Waals surface area contributed by atoms with Gasteiger partial charge < -0.3 is 10.3 Å². The number of hydrazine groups is 1. The van der Waals surface area contributed by atoms with Crippen molar-refractivity contribution in [2.45, 2.75) is 13.3 Å². The summed E-state index contributed by atoms with van der Waals surface area (Å²) in [5.74, 6) is 5.28. The Labute approximate surface area is 90.0 Å². The van der Waals surface area contributed by atoms with Crippen LogP contribution in [-0.2, 0) is 0 Å². The van der Waals surface area contributed by atoms with Gasteiger partial charge in [0.25, 0.3) is 5.91 Å². The zero-order chi connectivity index (χ0) is 11.3. The van der Waals surface area contributed by atoms with Crippen LogP contribution in [-0.4, -0.2) is 24.4 Å². The van der Waals surface area contributed by atoms with Gasteiger partial charge in [0.2, 0.25) is 0 Å². The van der Waals surface area contributed by atoms with E-state index in [9.17, 15) is 4.79 Å². The maximum absolute atomic E-state index is 11.8. The van der Waals surface area contributed by atoms with Crippen LogP contribution in [0.3, 0.4) is 0 Å². The highest BCUT2D eigenvalue weighted by atomic mass is 16.2. The molecule has 4 nitrogen and oxygen atoms in total. The van der Waals surface area contributed by atoms with Crippen LogP contribution in [0.25, 0.3) is 0 Å². The topological polar surface area (TPSA) is 58.4 Å². The summed E-state index contributed by atoms with van der Waals surface area (Å²) in [6.45, 7) is 2.82. The second kappa shape index (κ2) is 5.36. The van der Waals surface area contributed by atoms with Gasteiger partial charge in [-0.3, -0.25) is 10.6 Å². The maximum Gasteiger partial charge on any atom is 0.253 e. The molecule has 15 heavy (non-hydrogen) atoms. The summed E-state index contributed by atoms with van der Waals surface area (Å²) >= 11 is 0. The summed E-state index contributed by atoms with van der Waals surface area (Å²) in [7, 11) is 1.81. The van der Waals surface area contributed by atoms with E-state index in [4.69, 9.17) is 5.84 Å². The molecule has 0 atom stereocenters. The molecule has 3 N–H and O–H groups in total. The van der Waals surface area contributed by atoms with E-state index in [1.807, 2.05) is 6.92 Å². The van der Waals surface area contributed by atoms with Crippen molar-refractivity contribution in [2.24, 2.45) is 5.84 Å². The highest BCUT2D eigenvalue weighted by Crippen LogP contribution is 2.09. The van der Waals surface area contributed by atoms with Crippen molar-refractivity contribution in [1.29, 1.82) is 0 Å². The van der Waals surface area contributed by atoms with Gasteiger partial charge in [0.1, 0.15) is 0 Å². The molecule has 0 heterocycles. The van der Waals surface area contributed by atoms with Crippen LogP contribution in [0.2, 0.25) is 0 Å². The predicted octanol–water partition coefficient (Wildman–Crippen LogP) is 1.45. The fourth-order valence-electron chi connectivity index (χ4n) is 1.37. The number of hydrogen-bond acceptors (Lipinski definition) is 3. The number of nitrogens with one attached hydrogen (secondary N) is 1. The van der Waals surface area contributed by atoms with E-state index in [1.165, 1.54) is 0 Å². The summed E-state index contributed by atoms with van der Waals surface area (Å²) in [5, 5.41) is 0. The lowest BCUT2D eigenvalue weighted by Gasteiger charge is -2.16. The molecule has 0 aromatic heterocycles. The van der Waals surface area contributed by atoms with Crippen molar-refractivity contribution in [2.75, 3.05) is 19.0 Å². The van der Waals surface area contributed by atoms with Crippen molar-refractivity contribution in [3.63, 3.8) is 0 Å². The minimum atomic E-state index is 0.0421. The SMILES string of the molecule is CCCN(C)C(=O)c1ccc(NN)cc1. The van der Waals surface area contributed by atoms with Gasteiger partial charge in [-0.15, -0.1) is 0 Å². The van der Waals surface area contributed by atoms with E-state index in [0.717, 1.165) is 18.7 Å². The second-order valence-corrected chi connectivity index (χ2v) is 3.45. The van der Waals surface area contributed by atoms with Crippen LogP contribution < -0.4 is 11.3 Å². The van der Waals surface area contributed by atoms with Crippen LogP contribution in [0.5, 0.6) is 0 Å². The Bertz CT molecular complexity index is 321. The molecule has 82 valence electrons. The molecule has 0 aliphatic rings. The standard InChI is InChI=1S/C11H17N3O/c1-3-8-14(2)11(15)9-4-6-10(13-12)7-5-9/h4-7,13H,3,8,12H2,1-2H3. The molecule has 0 saturated carbocycles. The first-order valence-corrected chi connectivity index (χ1v) is 5.01. The number of nitrogens with zero attached hydrogens (tertiary/aromatic N) is 1. The maximum atomic E-state index is 11.8. The van der Waals surface area contributed by atoms with Crippen molar-refractivity contribution < 1.29 is 4.79 Å². The van der Waals surface area contributed by atoms with Crippen molar-refractivity contribution >= 4 is 11.6 Å². The summed E-state index contributed by atoms with van der Waals surface area (Å²) in [6.07, 6.45) is 0.963. The zero-order valence-corrected chi connectivity index (χ0v) is 9.16. The third-order valence-corrected chi connectivity index (χ3v) is 2.20. The van der Waals surface area contributed by atoms with E-state index >= 15 is 0 Å². The Morgan fingerprint density at radius 2 is 2.00 bits per heavy atom. The highest BCUT2D eigenvalue weighted by molar-refractivity contribution is 5.94. The number of nitrogens with two attached hydrogens (primary N) is 1. The molecule has 4 heteroatoms. The van der Waals surface area contributed by atoms with E-state index in [-0.39, 0.29) is 5.91 Å². The molecule has 1 aromatic rings. The summed E-state index contributed by atoms with van der Waals surface area (Å²) < 4.78 is 0. The largest absolute Gasteiger partial charge is 0.342 e. The molecule has 1 rings (SSSR count). The molecule has 1 aromatic carbocycles. The van der Waals surface area contributed by atoms with Crippen molar-refractivity contribution in [3.8, 4) is 0 Å². The molecule has 0 saturated heterocycles. The van der Waals surface area contributed by atoms with Gasteiger partial charge in [-0.1, -0.05) is 6.92 Å². The number of rotatable bonds is 4. The summed E-state index contributed by atoms with van der Waals surface area (Å²) in [5.41, 5.74) is 4.00. The quantitative estimate of drug-likeness (QED) is 0.580. The number of benzene rings is 1. The molecule has 0 aliphatic carbocycles. The minimum absolute atomic E-state index is 0.0421. The first-order chi connectivity index (χ1) is 7.19. The summed E-state index contributed by atoms with van der Waals surface area (Å²) in [4.78, 5) is 13.5.